The number of hydrogen-bond donors (Lipinski definition) is 5. The van der Waals surface area contributed by atoms with Crippen molar-refractivity contribution < 1.29 is 43.0 Å². The summed E-state index contributed by atoms with van der Waals surface area (Å²) < 4.78 is 9.31. The van der Waals surface area contributed by atoms with Crippen LogP contribution in [-0.4, -0.2) is 103 Å². The lowest BCUT2D eigenvalue weighted by Gasteiger charge is -2.30. The molecule has 4 atom stereocenters. The van der Waals surface area contributed by atoms with Gasteiger partial charge in [-0.15, -0.1) is 0 Å². The predicted octanol–water partition coefficient (Wildman–Crippen LogP) is 3.56. The molecule has 286 valence electrons. The third kappa shape index (κ3) is 10.2. The number of ether oxygens (including phenoxy) is 2. The lowest BCUT2D eigenvalue weighted by molar-refractivity contribution is -0.139. The van der Waals surface area contributed by atoms with E-state index in [4.69, 9.17) is 0 Å². The Bertz CT molecular complexity index is 1660. The van der Waals surface area contributed by atoms with Crippen LogP contribution in [0.15, 0.2) is 48.5 Å². The second kappa shape index (κ2) is 18.2. The van der Waals surface area contributed by atoms with Crippen LogP contribution in [0.1, 0.15) is 63.7 Å². The van der Waals surface area contributed by atoms with E-state index in [-0.39, 0.29) is 35.5 Å². The van der Waals surface area contributed by atoms with Crippen molar-refractivity contribution in [2.24, 2.45) is 11.8 Å². The zero-order valence-electron chi connectivity index (χ0n) is 30.9. The molecule has 53 heavy (non-hydrogen) atoms. The molecule has 0 aliphatic carbocycles. The van der Waals surface area contributed by atoms with Crippen LogP contribution in [0.2, 0.25) is 0 Å². The lowest BCUT2D eigenvalue weighted by atomic mass is 10.0. The van der Waals surface area contributed by atoms with Crippen molar-refractivity contribution in [1.82, 2.24) is 20.4 Å². The highest BCUT2D eigenvalue weighted by Gasteiger charge is 2.40. The molecule has 0 saturated carbocycles. The molecular formula is C37H49N7O9. The summed E-state index contributed by atoms with van der Waals surface area (Å²) in [5.74, 6) is -2.28. The number of rotatable bonds is 12. The van der Waals surface area contributed by atoms with E-state index in [1.807, 2.05) is 0 Å². The number of nitrogens with one attached hydrogen (secondary N) is 5. The standard InChI is InChI=1S/C37H49N7O9/c1-21(2)29(41-36(50)52-5)34(48)43-19-7-9-27(43)32(46)39-24-13-11-23(12-14-24)31(45)38-25-15-17-26(18-16-25)40-33(47)28-10-8-20-44(28)35(49)30(22(3)4)42-37(51)53-6/h11-18,21-22,27-30H,7-10,19-20H2,1-6H3,(H,38,45)(H,39,46)(H,40,47)(H,41,50)(H,42,51)/t27-,28-,29-,30-/m0/s1. The first-order chi connectivity index (χ1) is 25.2. The molecule has 0 bridgehead atoms. The number of nitrogens with zero attached hydrogens (tertiary/aromatic N) is 2. The van der Waals surface area contributed by atoms with Gasteiger partial charge in [0.2, 0.25) is 23.6 Å². The van der Waals surface area contributed by atoms with Crippen LogP contribution < -0.4 is 26.6 Å². The van der Waals surface area contributed by atoms with Gasteiger partial charge in [-0.05, 0) is 86.1 Å². The van der Waals surface area contributed by atoms with E-state index in [0.717, 1.165) is 0 Å². The fraction of sp³-hybridized carbons (Fsp3) is 0.486. The average Bonchev–Trinajstić information content (AvgIpc) is 3.84. The van der Waals surface area contributed by atoms with E-state index in [1.165, 1.54) is 24.0 Å². The summed E-state index contributed by atoms with van der Waals surface area (Å²) in [7, 11) is 2.44. The largest absolute Gasteiger partial charge is 0.453 e. The van der Waals surface area contributed by atoms with Gasteiger partial charge in [-0.25, -0.2) is 9.59 Å². The van der Waals surface area contributed by atoms with Crippen molar-refractivity contribution in [2.75, 3.05) is 43.3 Å². The van der Waals surface area contributed by atoms with Crippen molar-refractivity contribution in [2.45, 2.75) is 77.5 Å². The summed E-state index contributed by atoms with van der Waals surface area (Å²) in [5.41, 5.74) is 1.73. The number of alkyl carbamates (subject to hydrolysis) is 2. The molecule has 0 spiro atoms. The zero-order valence-corrected chi connectivity index (χ0v) is 30.9. The number of likely N-dealkylation sites (tertiary alicyclic amines) is 2. The number of hydrogen-bond acceptors (Lipinski definition) is 9. The Morgan fingerprint density at radius 3 is 1.30 bits per heavy atom. The molecule has 2 aliphatic rings. The highest BCUT2D eigenvalue weighted by atomic mass is 16.5. The van der Waals surface area contributed by atoms with E-state index in [2.05, 4.69) is 36.1 Å². The third-order valence-corrected chi connectivity index (χ3v) is 9.28. The topological polar surface area (TPSA) is 205 Å². The summed E-state index contributed by atoms with van der Waals surface area (Å²) in [4.78, 5) is 92.6. The number of carbonyl (C=O) groups is 7. The minimum absolute atomic E-state index is 0.220. The molecule has 2 fully saturated rings. The maximum Gasteiger partial charge on any atom is 0.407 e. The van der Waals surface area contributed by atoms with Crippen molar-refractivity contribution in [3.05, 3.63) is 54.1 Å². The molecule has 0 radical (unpaired) electrons. The summed E-state index contributed by atoms with van der Waals surface area (Å²) in [6.45, 7) is 7.96. The van der Waals surface area contributed by atoms with Crippen LogP contribution in [0, 0.1) is 11.8 Å². The molecule has 7 amide bonds. The van der Waals surface area contributed by atoms with E-state index >= 15 is 0 Å². The molecule has 4 rings (SSSR count). The van der Waals surface area contributed by atoms with Gasteiger partial charge in [-0.1, -0.05) is 27.7 Å². The van der Waals surface area contributed by atoms with E-state index in [1.54, 1.807) is 76.2 Å². The molecule has 0 unspecified atom stereocenters. The van der Waals surface area contributed by atoms with E-state index in [0.29, 0.717) is 61.4 Å². The van der Waals surface area contributed by atoms with Gasteiger partial charge >= 0.3 is 12.2 Å². The maximum absolute atomic E-state index is 13.3. The molecule has 5 N–H and O–H groups in total. The van der Waals surface area contributed by atoms with Gasteiger partial charge in [0.25, 0.3) is 5.91 Å². The number of amides is 7. The maximum atomic E-state index is 13.3. The van der Waals surface area contributed by atoms with Crippen molar-refractivity contribution >= 4 is 58.8 Å². The number of benzene rings is 2. The first-order valence-corrected chi connectivity index (χ1v) is 17.7. The number of anilines is 3. The number of methoxy groups -OCH3 is 2. The van der Waals surface area contributed by atoms with Gasteiger partial charge in [0.15, 0.2) is 0 Å². The minimum atomic E-state index is -0.842. The Balaban J connectivity index is 1.31. The van der Waals surface area contributed by atoms with Gasteiger partial charge in [0.05, 0.1) is 14.2 Å². The molecule has 2 saturated heterocycles. The lowest BCUT2D eigenvalue weighted by Crippen LogP contribution is -2.54. The Kier molecular flexibility index (Phi) is 13.8. The van der Waals surface area contributed by atoms with Gasteiger partial charge in [0.1, 0.15) is 24.2 Å². The monoisotopic (exact) mass is 735 g/mol. The average molecular weight is 736 g/mol. The van der Waals surface area contributed by atoms with Gasteiger partial charge in [-0.3, -0.25) is 24.0 Å². The molecule has 16 nitrogen and oxygen atoms in total. The normalized spacial score (nSPS) is 17.8. The molecule has 2 heterocycles. The Morgan fingerprint density at radius 2 is 0.943 bits per heavy atom. The van der Waals surface area contributed by atoms with Gasteiger partial charge < -0.3 is 45.9 Å². The Labute approximate surface area is 308 Å². The van der Waals surface area contributed by atoms with E-state index < -0.39 is 42.3 Å². The Hall–Kier alpha value is -5.67. The molecule has 16 heteroatoms. The third-order valence-electron chi connectivity index (χ3n) is 9.28. The van der Waals surface area contributed by atoms with Crippen LogP contribution in [-0.2, 0) is 28.7 Å². The molecule has 0 aromatic heterocycles. The van der Waals surface area contributed by atoms with Crippen LogP contribution in [0.3, 0.4) is 0 Å². The van der Waals surface area contributed by atoms with Crippen LogP contribution >= 0.6 is 0 Å². The summed E-state index contributed by atoms with van der Waals surface area (Å²) in [5, 5.41) is 13.6. The minimum Gasteiger partial charge on any atom is -0.453 e. The fourth-order valence-electron chi connectivity index (χ4n) is 6.36. The second-order valence-corrected chi connectivity index (χ2v) is 13.7. The van der Waals surface area contributed by atoms with Crippen molar-refractivity contribution in [3.8, 4) is 0 Å². The predicted molar refractivity (Wildman–Crippen MR) is 196 cm³/mol. The van der Waals surface area contributed by atoms with Crippen LogP contribution in [0.5, 0.6) is 0 Å². The smallest absolute Gasteiger partial charge is 0.407 e. The molecule has 2 aliphatic heterocycles. The van der Waals surface area contributed by atoms with Crippen molar-refractivity contribution in [1.29, 1.82) is 0 Å². The highest BCUT2D eigenvalue weighted by molar-refractivity contribution is 6.05. The van der Waals surface area contributed by atoms with Crippen LogP contribution in [0.4, 0.5) is 26.7 Å². The van der Waals surface area contributed by atoms with Crippen LogP contribution in [0.25, 0.3) is 0 Å². The molecule has 2 aromatic carbocycles. The second-order valence-electron chi connectivity index (χ2n) is 13.7. The number of carbonyl (C=O) groups excluding carboxylic acids is 7. The first-order valence-electron chi connectivity index (χ1n) is 17.7. The highest BCUT2D eigenvalue weighted by Crippen LogP contribution is 2.24. The summed E-state index contributed by atoms with van der Waals surface area (Å²) in [6, 6.07) is 9.74. The SMILES string of the molecule is COC(=O)N[C@H](C(=O)N1CCC[C@H]1C(=O)Nc1ccc(NC(=O)c2ccc(NC(=O)[C@@H]3CCCN3C(=O)[C@@H](NC(=O)OC)C(C)C)cc2)cc1)C(C)C. The molecular weight excluding hydrogens is 686 g/mol. The quantitative estimate of drug-likeness (QED) is 0.216. The fourth-order valence-corrected chi connectivity index (χ4v) is 6.36. The van der Waals surface area contributed by atoms with E-state index in [9.17, 15) is 33.6 Å². The zero-order chi connectivity index (χ0) is 38.8. The Morgan fingerprint density at radius 1 is 0.585 bits per heavy atom. The molecule has 2 aromatic rings. The summed E-state index contributed by atoms with van der Waals surface area (Å²) in [6.07, 6.45) is 0.777. The summed E-state index contributed by atoms with van der Waals surface area (Å²) >= 11 is 0. The first kappa shape index (κ1) is 40.1. The van der Waals surface area contributed by atoms with Gasteiger partial charge in [-0.2, -0.15) is 0 Å². The van der Waals surface area contributed by atoms with Gasteiger partial charge in [0, 0.05) is 35.7 Å². The van der Waals surface area contributed by atoms with Crippen molar-refractivity contribution in [3.63, 3.8) is 0 Å².